The molecule has 2 N–H and O–H groups in total. The van der Waals surface area contributed by atoms with Gasteiger partial charge in [0.15, 0.2) is 5.78 Å². The fraction of sp³-hybridized carbons (Fsp3) is 0.538. The largest absolute Gasteiger partial charge is 0.384 e. The van der Waals surface area contributed by atoms with E-state index >= 15 is 0 Å². The molecule has 17 heavy (non-hydrogen) atoms. The molecule has 0 saturated carbocycles. The molecule has 0 unspecified atom stereocenters. The van der Waals surface area contributed by atoms with Gasteiger partial charge in [-0.15, -0.1) is 0 Å². The van der Waals surface area contributed by atoms with Crippen LogP contribution in [0.15, 0.2) is 18.2 Å². The van der Waals surface area contributed by atoms with Gasteiger partial charge in [-0.2, -0.15) is 0 Å². The Bertz CT molecular complexity index is 384. The fourth-order valence-corrected chi connectivity index (χ4v) is 2.07. The summed E-state index contributed by atoms with van der Waals surface area (Å²) in [5.41, 5.74) is 6.09. The number of hydrogen-bond acceptors (Lipinski definition) is 4. The predicted molar refractivity (Wildman–Crippen MR) is 69.9 cm³/mol. The van der Waals surface area contributed by atoms with Crippen molar-refractivity contribution in [1.82, 2.24) is 9.88 Å². The minimum absolute atomic E-state index is 0. The molecule has 0 radical (unpaired) electrons. The monoisotopic (exact) mass is 235 g/mol. The molecule has 1 aliphatic rings. The fourth-order valence-electron chi connectivity index (χ4n) is 2.07. The van der Waals surface area contributed by atoms with E-state index < -0.39 is 0 Å². The number of hydrogen-bond donors (Lipinski definition) is 1. The third kappa shape index (κ3) is 3.27. The summed E-state index contributed by atoms with van der Waals surface area (Å²) in [7, 11) is 2.08. The Labute approximate surface area is 103 Å². The summed E-state index contributed by atoms with van der Waals surface area (Å²) in [4.78, 5) is 18.5. The summed E-state index contributed by atoms with van der Waals surface area (Å²) in [6.07, 6.45) is 1.84. The molecule has 1 aliphatic heterocycles. The van der Waals surface area contributed by atoms with Crippen LogP contribution in [0.25, 0.3) is 0 Å². The number of nitrogens with two attached hydrogens (primary N) is 1. The highest BCUT2D eigenvalue weighted by Gasteiger charge is 2.25. The van der Waals surface area contributed by atoms with E-state index in [-0.39, 0.29) is 19.1 Å². The van der Waals surface area contributed by atoms with E-state index in [1.54, 1.807) is 18.2 Å². The van der Waals surface area contributed by atoms with Crippen molar-refractivity contribution in [3.63, 3.8) is 0 Å². The van der Waals surface area contributed by atoms with Crippen LogP contribution in [0.5, 0.6) is 0 Å². The average Bonchev–Trinajstić information content (AvgIpc) is 2.29. The van der Waals surface area contributed by atoms with Crippen LogP contribution < -0.4 is 5.73 Å². The maximum absolute atomic E-state index is 12.1. The van der Waals surface area contributed by atoms with E-state index in [9.17, 15) is 4.79 Å². The molecule has 2 rings (SSSR count). The second kappa shape index (κ2) is 5.77. The molecule has 0 spiro atoms. The summed E-state index contributed by atoms with van der Waals surface area (Å²) in [6.45, 7) is 1.97. The number of aromatic nitrogens is 1. The number of carbonyl (C=O) groups excluding carboxylic acids is 1. The molecule has 0 amide bonds. The molecular weight excluding hydrogens is 214 g/mol. The number of piperidine rings is 1. The second-order valence-electron chi connectivity index (χ2n) is 4.39. The highest BCUT2D eigenvalue weighted by atomic mass is 16.1. The predicted octanol–water partition coefficient (Wildman–Crippen LogP) is 1.82. The van der Waals surface area contributed by atoms with Crippen LogP contribution >= 0.6 is 0 Å². The Morgan fingerprint density at radius 1 is 1.41 bits per heavy atom. The van der Waals surface area contributed by atoms with Crippen molar-refractivity contribution in [2.45, 2.75) is 20.3 Å². The molecule has 1 aromatic heterocycles. The minimum Gasteiger partial charge on any atom is -0.384 e. The van der Waals surface area contributed by atoms with Crippen molar-refractivity contribution in [3.05, 3.63) is 23.9 Å². The molecule has 0 atom stereocenters. The van der Waals surface area contributed by atoms with Crippen molar-refractivity contribution in [1.29, 1.82) is 0 Å². The van der Waals surface area contributed by atoms with Crippen molar-refractivity contribution < 1.29 is 4.79 Å². The number of Topliss-reactive ketones (excluding diaryl/α,β-unsaturated/α-hetero) is 1. The van der Waals surface area contributed by atoms with E-state index in [4.69, 9.17) is 5.73 Å². The van der Waals surface area contributed by atoms with Gasteiger partial charge in [-0.25, -0.2) is 4.98 Å². The van der Waals surface area contributed by atoms with Gasteiger partial charge in [0.25, 0.3) is 0 Å². The van der Waals surface area contributed by atoms with Gasteiger partial charge >= 0.3 is 0 Å². The normalized spacial score (nSPS) is 17.5. The number of ketones is 1. The van der Waals surface area contributed by atoms with E-state index in [0.717, 1.165) is 25.9 Å². The molecule has 0 aliphatic carbocycles. The van der Waals surface area contributed by atoms with Crippen LogP contribution in [0.3, 0.4) is 0 Å². The lowest BCUT2D eigenvalue weighted by Crippen LogP contribution is -2.33. The molecule has 4 heteroatoms. The number of likely N-dealkylation sites (tertiary alicyclic amines) is 1. The lowest BCUT2D eigenvalue weighted by molar-refractivity contribution is 0.0851. The molecule has 0 aromatic carbocycles. The lowest BCUT2D eigenvalue weighted by atomic mass is 9.91. The molecular formula is C13H21N3O. The van der Waals surface area contributed by atoms with E-state index in [1.165, 1.54) is 0 Å². The van der Waals surface area contributed by atoms with Crippen molar-refractivity contribution >= 4 is 11.6 Å². The molecule has 1 saturated heterocycles. The van der Waals surface area contributed by atoms with Gasteiger partial charge in [0.2, 0.25) is 0 Å². The first-order chi connectivity index (χ1) is 7.66. The van der Waals surface area contributed by atoms with E-state index in [2.05, 4.69) is 16.9 Å². The topological polar surface area (TPSA) is 59.2 Å². The summed E-state index contributed by atoms with van der Waals surface area (Å²) in [6, 6.07) is 5.23. The zero-order valence-corrected chi connectivity index (χ0v) is 9.52. The number of rotatable bonds is 2. The maximum Gasteiger partial charge on any atom is 0.184 e. The van der Waals surface area contributed by atoms with Gasteiger partial charge in [0.05, 0.1) is 0 Å². The SMILES string of the molecule is C.CN1CCC(C(=O)c2cccc(N)n2)CC1. The van der Waals surface area contributed by atoms with Gasteiger partial charge in [0.1, 0.15) is 11.5 Å². The third-order valence-electron chi connectivity index (χ3n) is 3.11. The molecule has 2 heterocycles. The number of nitrogens with zero attached hydrogens (tertiary/aromatic N) is 2. The van der Waals surface area contributed by atoms with Crippen LogP contribution in [0.2, 0.25) is 0 Å². The van der Waals surface area contributed by atoms with E-state index in [1.807, 2.05) is 0 Å². The number of carbonyl (C=O) groups is 1. The zero-order chi connectivity index (χ0) is 11.5. The quantitative estimate of drug-likeness (QED) is 0.794. The molecule has 1 aromatic rings. The Morgan fingerprint density at radius 2 is 2.06 bits per heavy atom. The Hall–Kier alpha value is -1.42. The summed E-state index contributed by atoms with van der Waals surface area (Å²) in [5.74, 6) is 0.671. The standard InChI is InChI=1S/C12H17N3O.CH4/c1-15-7-5-9(6-8-15)12(16)10-3-2-4-11(13)14-10;/h2-4,9H,5-8H2,1H3,(H2,13,14);1H4. The van der Waals surface area contributed by atoms with Crippen LogP contribution in [0.4, 0.5) is 5.82 Å². The van der Waals surface area contributed by atoms with Crippen molar-refractivity contribution in [2.75, 3.05) is 25.9 Å². The van der Waals surface area contributed by atoms with Crippen LogP contribution in [0.1, 0.15) is 30.8 Å². The minimum atomic E-state index is 0. The molecule has 0 bridgehead atoms. The lowest BCUT2D eigenvalue weighted by Gasteiger charge is -2.27. The van der Waals surface area contributed by atoms with Gasteiger partial charge < -0.3 is 10.6 Å². The first-order valence-electron chi connectivity index (χ1n) is 5.62. The second-order valence-corrected chi connectivity index (χ2v) is 4.39. The zero-order valence-electron chi connectivity index (χ0n) is 9.52. The molecule has 4 nitrogen and oxygen atoms in total. The average molecular weight is 235 g/mol. The first kappa shape index (κ1) is 13.6. The van der Waals surface area contributed by atoms with Crippen LogP contribution in [0, 0.1) is 5.92 Å². The highest BCUT2D eigenvalue weighted by Crippen LogP contribution is 2.20. The summed E-state index contributed by atoms with van der Waals surface area (Å²) >= 11 is 0. The van der Waals surface area contributed by atoms with Crippen molar-refractivity contribution in [2.24, 2.45) is 5.92 Å². The molecule has 94 valence electrons. The van der Waals surface area contributed by atoms with Gasteiger partial charge in [-0.05, 0) is 45.1 Å². The van der Waals surface area contributed by atoms with Gasteiger partial charge in [-0.3, -0.25) is 4.79 Å². The Kier molecular flexibility index (Phi) is 4.63. The van der Waals surface area contributed by atoms with Crippen molar-refractivity contribution in [3.8, 4) is 0 Å². The summed E-state index contributed by atoms with van der Waals surface area (Å²) < 4.78 is 0. The number of nitrogen functional groups attached to an aromatic ring is 1. The molecule has 1 fully saturated rings. The Morgan fingerprint density at radius 3 is 2.65 bits per heavy atom. The van der Waals surface area contributed by atoms with Gasteiger partial charge in [-0.1, -0.05) is 13.5 Å². The smallest absolute Gasteiger partial charge is 0.184 e. The van der Waals surface area contributed by atoms with Crippen LogP contribution in [-0.2, 0) is 0 Å². The van der Waals surface area contributed by atoms with E-state index in [0.29, 0.717) is 11.5 Å². The van der Waals surface area contributed by atoms with Crippen LogP contribution in [-0.4, -0.2) is 35.8 Å². The first-order valence-corrected chi connectivity index (χ1v) is 5.62. The number of pyridine rings is 1. The maximum atomic E-state index is 12.1. The third-order valence-corrected chi connectivity index (χ3v) is 3.11. The number of anilines is 1. The Balaban J connectivity index is 0.00000144. The summed E-state index contributed by atoms with van der Waals surface area (Å²) in [5, 5.41) is 0. The highest BCUT2D eigenvalue weighted by molar-refractivity contribution is 5.96. The van der Waals surface area contributed by atoms with Gasteiger partial charge in [0, 0.05) is 5.92 Å².